The Bertz CT molecular complexity index is 1390. The summed E-state index contributed by atoms with van der Waals surface area (Å²) in [6.07, 6.45) is 3.16. The minimum absolute atomic E-state index is 0.204. The average Bonchev–Trinajstić information content (AvgIpc) is 3.37. The summed E-state index contributed by atoms with van der Waals surface area (Å²) in [5, 5.41) is 13.0. The molecule has 34 heavy (non-hydrogen) atoms. The van der Waals surface area contributed by atoms with E-state index in [9.17, 15) is 4.79 Å². The number of anilines is 5. The van der Waals surface area contributed by atoms with Crippen LogP contribution in [0.1, 0.15) is 10.5 Å². The van der Waals surface area contributed by atoms with Gasteiger partial charge in [-0.3, -0.25) is 4.79 Å². The molecule has 3 N–H and O–H groups in total. The SMILES string of the molecule is O=C(Nc1ccc(Nc2cc(Nc3ccccn3)ncn2)cc1)c1cc(-c2ccccc2)on1. The van der Waals surface area contributed by atoms with Crippen molar-refractivity contribution in [2.75, 3.05) is 16.0 Å². The quantitative estimate of drug-likeness (QED) is 0.308. The third kappa shape index (κ3) is 5.05. The Morgan fingerprint density at radius 1 is 0.706 bits per heavy atom. The Morgan fingerprint density at radius 3 is 2.21 bits per heavy atom. The van der Waals surface area contributed by atoms with E-state index in [-0.39, 0.29) is 11.6 Å². The van der Waals surface area contributed by atoms with Gasteiger partial charge in [0.2, 0.25) is 0 Å². The highest BCUT2D eigenvalue weighted by Crippen LogP contribution is 2.22. The maximum atomic E-state index is 12.5. The second-order valence-corrected chi connectivity index (χ2v) is 7.23. The number of benzene rings is 2. The van der Waals surface area contributed by atoms with Gasteiger partial charge in [-0.2, -0.15) is 0 Å². The molecule has 1 amide bonds. The molecule has 0 saturated carbocycles. The Balaban J connectivity index is 1.21. The van der Waals surface area contributed by atoms with Crippen molar-refractivity contribution in [1.82, 2.24) is 20.1 Å². The molecule has 0 fully saturated rings. The van der Waals surface area contributed by atoms with Crippen LogP contribution in [0.2, 0.25) is 0 Å². The van der Waals surface area contributed by atoms with Gasteiger partial charge in [0.1, 0.15) is 23.8 Å². The number of carbonyl (C=O) groups excluding carboxylic acids is 1. The predicted molar refractivity (Wildman–Crippen MR) is 129 cm³/mol. The largest absolute Gasteiger partial charge is 0.355 e. The highest BCUT2D eigenvalue weighted by Gasteiger charge is 2.14. The van der Waals surface area contributed by atoms with Gasteiger partial charge in [-0.25, -0.2) is 15.0 Å². The summed E-state index contributed by atoms with van der Waals surface area (Å²) in [6, 6.07) is 25.7. The molecule has 0 atom stereocenters. The lowest BCUT2D eigenvalue weighted by Crippen LogP contribution is -2.12. The van der Waals surface area contributed by atoms with Crippen molar-refractivity contribution in [2.45, 2.75) is 0 Å². The van der Waals surface area contributed by atoms with Crippen LogP contribution in [-0.4, -0.2) is 26.0 Å². The summed E-state index contributed by atoms with van der Waals surface area (Å²) < 4.78 is 5.30. The predicted octanol–water partition coefficient (Wildman–Crippen LogP) is 5.27. The standard InChI is InChI=1S/C25H19N7O2/c33-25(20-14-21(34-32-20)17-6-2-1-3-7-17)30-19-11-9-18(10-12-19)29-23-15-24(28-16-27-23)31-22-8-4-5-13-26-22/h1-16H,(H,30,33)(H2,26,27,28,29,31). The van der Waals surface area contributed by atoms with Crippen LogP contribution < -0.4 is 16.0 Å². The fourth-order valence-corrected chi connectivity index (χ4v) is 3.16. The Labute approximate surface area is 194 Å². The number of amides is 1. The van der Waals surface area contributed by atoms with Gasteiger partial charge in [-0.15, -0.1) is 0 Å². The molecule has 9 heteroatoms. The van der Waals surface area contributed by atoms with Crippen molar-refractivity contribution in [3.05, 3.63) is 103 Å². The molecule has 0 aliphatic rings. The highest BCUT2D eigenvalue weighted by molar-refractivity contribution is 6.03. The number of aromatic nitrogens is 4. The number of nitrogens with one attached hydrogen (secondary N) is 3. The zero-order valence-electron chi connectivity index (χ0n) is 17.8. The normalized spacial score (nSPS) is 10.5. The second-order valence-electron chi connectivity index (χ2n) is 7.23. The van der Waals surface area contributed by atoms with Gasteiger partial charge in [0.25, 0.3) is 5.91 Å². The lowest BCUT2D eigenvalue weighted by Gasteiger charge is -2.09. The third-order valence-electron chi connectivity index (χ3n) is 4.80. The van der Waals surface area contributed by atoms with Crippen LogP contribution in [-0.2, 0) is 0 Å². The van der Waals surface area contributed by atoms with E-state index >= 15 is 0 Å². The molecule has 0 unspecified atom stereocenters. The number of hydrogen-bond acceptors (Lipinski definition) is 8. The molecule has 5 aromatic rings. The maximum absolute atomic E-state index is 12.5. The fourth-order valence-electron chi connectivity index (χ4n) is 3.16. The first-order valence-corrected chi connectivity index (χ1v) is 10.4. The summed E-state index contributed by atoms with van der Waals surface area (Å²) in [6.45, 7) is 0. The van der Waals surface area contributed by atoms with E-state index in [1.165, 1.54) is 6.33 Å². The second kappa shape index (κ2) is 9.61. The summed E-state index contributed by atoms with van der Waals surface area (Å²) in [5.41, 5.74) is 2.48. The lowest BCUT2D eigenvalue weighted by atomic mass is 10.1. The van der Waals surface area contributed by atoms with Crippen LogP contribution in [0.3, 0.4) is 0 Å². The van der Waals surface area contributed by atoms with Gasteiger partial charge in [0.05, 0.1) is 0 Å². The monoisotopic (exact) mass is 449 g/mol. The number of rotatable bonds is 7. The minimum atomic E-state index is -0.354. The van der Waals surface area contributed by atoms with Crippen LogP contribution in [0.25, 0.3) is 11.3 Å². The zero-order chi connectivity index (χ0) is 23.2. The zero-order valence-corrected chi connectivity index (χ0v) is 17.8. The summed E-state index contributed by atoms with van der Waals surface area (Å²) in [4.78, 5) is 25.2. The molecule has 9 nitrogen and oxygen atoms in total. The smallest absolute Gasteiger partial charge is 0.277 e. The number of hydrogen-bond donors (Lipinski definition) is 3. The molecule has 0 saturated heterocycles. The molecule has 3 heterocycles. The highest BCUT2D eigenvalue weighted by atomic mass is 16.5. The third-order valence-corrected chi connectivity index (χ3v) is 4.80. The van der Waals surface area contributed by atoms with Gasteiger partial charge < -0.3 is 20.5 Å². The number of nitrogens with zero attached hydrogens (tertiary/aromatic N) is 4. The van der Waals surface area contributed by atoms with E-state index in [0.29, 0.717) is 28.9 Å². The fraction of sp³-hybridized carbons (Fsp3) is 0. The summed E-state index contributed by atoms with van der Waals surface area (Å²) >= 11 is 0. The van der Waals surface area contributed by atoms with E-state index in [2.05, 4.69) is 36.1 Å². The molecular formula is C25H19N7O2. The maximum Gasteiger partial charge on any atom is 0.277 e. The molecule has 5 rings (SSSR count). The molecule has 3 aromatic heterocycles. The van der Waals surface area contributed by atoms with E-state index in [1.807, 2.05) is 60.7 Å². The number of pyridine rings is 1. The van der Waals surface area contributed by atoms with Crippen LogP contribution in [0.4, 0.5) is 28.8 Å². The molecule has 0 spiro atoms. The Hall–Kier alpha value is -5.05. The van der Waals surface area contributed by atoms with Crippen molar-refractivity contribution in [3.8, 4) is 11.3 Å². The van der Waals surface area contributed by atoms with Crippen LogP contribution >= 0.6 is 0 Å². The molecular weight excluding hydrogens is 430 g/mol. The number of carbonyl (C=O) groups is 1. The van der Waals surface area contributed by atoms with Crippen molar-refractivity contribution >= 4 is 34.7 Å². The summed E-state index contributed by atoms with van der Waals surface area (Å²) in [7, 11) is 0. The molecule has 0 aliphatic carbocycles. The van der Waals surface area contributed by atoms with Gasteiger partial charge >= 0.3 is 0 Å². The van der Waals surface area contributed by atoms with Gasteiger partial charge in [0, 0.05) is 35.3 Å². The van der Waals surface area contributed by atoms with E-state index in [1.54, 1.807) is 30.5 Å². The van der Waals surface area contributed by atoms with Gasteiger partial charge in [-0.05, 0) is 36.4 Å². The van der Waals surface area contributed by atoms with Gasteiger partial charge in [0.15, 0.2) is 11.5 Å². The first kappa shape index (κ1) is 20.8. The van der Waals surface area contributed by atoms with Crippen molar-refractivity contribution < 1.29 is 9.32 Å². The molecule has 0 aliphatic heterocycles. The minimum Gasteiger partial charge on any atom is -0.355 e. The van der Waals surface area contributed by atoms with Gasteiger partial charge in [-0.1, -0.05) is 41.6 Å². The molecule has 166 valence electrons. The average molecular weight is 449 g/mol. The lowest BCUT2D eigenvalue weighted by molar-refractivity contribution is 0.101. The van der Waals surface area contributed by atoms with E-state index in [0.717, 1.165) is 11.3 Å². The first-order chi connectivity index (χ1) is 16.7. The Kier molecular flexibility index (Phi) is 5.89. The van der Waals surface area contributed by atoms with E-state index in [4.69, 9.17) is 4.52 Å². The molecule has 2 aromatic carbocycles. The Morgan fingerprint density at radius 2 is 1.44 bits per heavy atom. The van der Waals surface area contributed by atoms with Crippen LogP contribution in [0, 0.1) is 0 Å². The van der Waals surface area contributed by atoms with Crippen molar-refractivity contribution in [3.63, 3.8) is 0 Å². The van der Waals surface area contributed by atoms with Crippen LogP contribution in [0.15, 0.2) is 102 Å². The molecule has 0 bridgehead atoms. The summed E-state index contributed by atoms with van der Waals surface area (Å²) in [5.74, 6) is 2.10. The topological polar surface area (TPSA) is 118 Å². The van der Waals surface area contributed by atoms with E-state index < -0.39 is 0 Å². The van der Waals surface area contributed by atoms with Crippen molar-refractivity contribution in [1.29, 1.82) is 0 Å². The first-order valence-electron chi connectivity index (χ1n) is 10.4. The van der Waals surface area contributed by atoms with Crippen molar-refractivity contribution in [2.24, 2.45) is 0 Å². The van der Waals surface area contributed by atoms with Crippen LogP contribution in [0.5, 0.6) is 0 Å². The molecule has 0 radical (unpaired) electrons.